The van der Waals surface area contributed by atoms with Crippen LogP contribution in [0.1, 0.15) is 40.5 Å². The molecule has 3 heterocycles. The molecule has 5 N–H and O–H groups in total. The first-order chi connectivity index (χ1) is 15.9. The molecule has 0 saturated carbocycles. The molecule has 10 atom stereocenters. The van der Waals surface area contributed by atoms with E-state index >= 15 is 0 Å². The van der Waals surface area contributed by atoms with E-state index in [2.05, 4.69) is 11.9 Å². The Labute approximate surface area is 200 Å². The van der Waals surface area contributed by atoms with Gasteiger partial charge in [-0.05, 0) is 6.92 Å². The first-order valence-corrected chi connectivity index (χ1v) is 11.6. The molecule has 3 aliphatic rings. The molecule has 34 heavy (non-hydrogen) atoms. The van der Waals surface area contributed by atoms with E-state index in [0.717, 1.165) is 0 Å². The van der Waals surface area contributed by atoms with Gasteiger partial charge >= 0.3 is 0 Å². The molecule has 0 radical (unpaired) electrons. The van der Waals surface area contributed by atoms with Gasteiger partial charge in [0.2, 0.25) is 5.79 Å². The largest absolute Gasteiger partial charge is 0.394 e. The van der Waals surface area contributed by atoms with Crippen LogP contribution in [0.4, 0.5) is 0 Å². The van der Waals surface area contributed by atoms with Crippen LogP contribution in [0.25, 0.3) is 0 Å². The van der Waals surface area contributed by atoms with Crippen molar-refractivity contribution in [3.63, 3.8) is 0 Å². The fourth-order valence-electron chi connectivity index (χ4n) is 5.04. The zero-order chi connectivity index (χ0) is 25.4. The Bertz CT molecular complexity index is 747. The van der Waals surface area contributed by atoms with E-state index < -0.39 is 72.7 Å². The number of aliphatic hydroxyl groups is 4. The summed E-state index contributed by atoms with van der Waals surface area (Å²) in [4.78, 5) is 13.0. The normalized spacial score (nSPS) is 41.9. The van der Waals surface area contributed by atoms with Crippen LogP contribution < -0.4 is 5.32 Å². The molecule has 0 aromatic rings. The number of nitrogens with one attached hydrogen (secondary N) is 1. The molecular weight excluding hydrogens is 450 g/mol. The minimum atomic E-state index is -2.13. The van der Waals surface area contributed by atoms with Crippen molar-refractivity contribution in [2.75, 3.05) is 20.5 Å². The number of fused-ring (bicyclic) bond motifs is 1. The van der Waals surface area contributed by atoms with Crippen LogP contribution in [0.2, 0.25) is 0 Å². The number of hydrogen-bond donors (Lipinski definition) is 5. The van der Waals surface area contributed by atoms with E-state index in [4.69, 9.17) is 23.7 Å². The molecule has 11 heteroatoms. The summed E-state index contributed by atoms with van der Waals surface area (Å²) < 4.78 is 28.9. The van der Waals surface area contributed by atoms with Crippen molar-refractivity contribution in [2.45, 2.75) is 95.3 Å². The summed E-state index contributed by atoms with van der Waals surface area (Å²) in [6.07, 6.45) is -6.85. The molecule has 3 rings (SSSR count). The zero-order valence-corrected chi connectivity index (χ0v) is 20.5. The summed E-state index contributed by atoms with van der Waals surface area (Å²) in [5, 5.41) is 43.5. The van der Waals surface area contributed by atoms with Gasteiger partial charge in [0.05, 0.1) is 31.0 Å². The van der Waals surface area contributed by atoms with Crippen LogP contribution in [0.5, 0.6) is 0 Å². The quantitative estimate of drug-likeness (QED) is 0.293. The van der Waals surface area contributed by atoms with Gasteiger partial charge < -0.3 is 49.4 Å². The van der Waals surface area contributed by atoms with Crippen molar-refractivity contribution in [2.24, 2.45) is 11.3 Å². The van der Waals surface area contributed by atoms with Crippen molar-refractivity contribution >= 4 is 5.91 Å². The van der Waals surface area contributed by atoms with Gasteiger partial charge in [-0.3, -0.25) is 4.79 Å². The topological polar surface area (TPSA) is 156 Å². The van der Waals surface area contributed by atoms with E-state index in [9.17, 15) is 25.2 Å². The molecule has 3 aliphatic heterocycles. The average molecular weight is 490 g/mol. The number of aliphatic hydroxyl groups excluding tert-OH is 3. The van der Waals surface area contributed by atoms with E-state index in [1.165, 1.54) is 7.11 Å². The van der Waals surface area contributed by atoms with Crippen molar-refractivity contribution in [1.29, 1.82) is 0 Å². The Morgan fingerprint density at radius 2 is 1.94 bits per heavy atom. The summed E-state index contributed by atoms with van der Waals surface area (Å²) in [7, 11) is 1.54. The van der Waals surface area contributed by atoms with Gasteiger partial charge in [-0.15, -0.1) is 0 Å². The maximum atomic E-state index is 13.0. The second-order valence-corrected chi connectivity index (χ2v) is 10.2. The predicted molar refractivity (Wildman–Crippen MR) is 118 cm³/mol. The molecule has 11 nitrogen and oxygen atoms in total. The van der Waals surface area contributed by atoms with Gasteiger partial charge in [0.25, 0.3) is 5.91 Å². The summed E-state index contributed by atoms with van der Waals surface area (Å²) in [5.41, 5.74) is 0.0667. The first kappa shape index (κ1) is 27.4. The predicted octanol–water partition coefficient (Wildman–Crippen LogP) is -0.596. The number of rotatable bonds is 7. The van der Waals surface area contributed by atoms with Gasteiger partial charge in [-0.2, -0.15) is 0 Å². The minimum Gasteiger partial charge on any atom is -0.394 e. The van der Waals surface area contributed by atoms with Crippen molar-refractivity contribution in [1.82, 2.24) is 5.32 Å². The molecule has 0 aromatic carbocycles. The van der Waals surface area contributed by atoms with E-state index in [0.29, 0.717) is 5.57 Å². The standard InChI is InChI=1S/C23H39NO10/c1-11-8-23(29,34-13(3)12(11)2)18(27)20(28)24-21-17-16(31-10-32-21)19(30-6)22(4,5)15(33-17)7-14(26)9-25/h12-19,21,25-27,29H,1,7-10H2,2-6H3,(H,24,28). The Morgan fingerprint density at radius 1 is 1.26 bits per heavy atom. The molecule has 0 aliphatic carbocycles. The Kier molecular flexibility index (Phi) is 8.44. The van der Waals surface area contributed by atoms with Crippen LogP contribution in [-0.2, 0) is 28.5 Å². The maximum absolute atomic E-state index is 13.0. The summed E-state index contributed by atoms with van der Waals surface area (Å²) in [6, 6.07) is 0. The lowest BCUT2D eigenvalue weighted by Gasteiger charge is -2.54. The molecule has 1 amide bonds. The number of ether oxygens (including phenoxy) is 5. The third-order valence-electron chi connectivity index (χ3n) is 7.44. The van der Waals surface area contributed by atoms with Crippen molar-refractivity contribution in [3.05, 3.63) is 12.2 Å². The SMILES string of the molecule is C=C1CC(O)(C(O)C(=O)NC2OCOC3C2OC(CC(O)CO)C(C)(C)C3OC)OC(C)C1C. The summed E-state index contributed by atoms with van der Waals surface area (Å²) in [5.74, 6) is -3.07. The molecule has 196 valence electrons. The smallest absolute Gasteiger partial charge is 0.256 e. The van der Waals surface area contributed by atoms with Crippen LogP contribution >= 0.6 is 0 Å². The van der Waals surface area contributed by atoms with Gasteiger partial charge in [0.15, 0.2) is 12.3 Å². The van der Waals surface area contributed by atoms with Gasteiger partial charge in [-0.1, -0.05) is 32.9 Å². The molecule has 10 unspecified atom stereocenters. The number of carbonyl (C=O) groups excluding carboxylic acids is 1. The summed E-state index contributed by atoms with van der Waals surface area (Å²) >= 11 is 0. The second-order valence-electron chi connectivity index (χ2n) is 10.2. The highest BCUT2D eigenvalue weighted by Crippen LogP contribution is 2.43. The highest BCUT2D eigenvalue weighted by atomic mass is 16.7. The molecule has 3 fully saturated rings. The fraction of sp³-hybridized carbons (Fsp3) is 0.870. The molecule has 3 saturated heterocycles. The Hall–Kier alpha value is -1.15. The first-order valence-electron chi connectivity index (χ1n) is 11.6. The third kappa shape index (κ3) is 5.18. The molecular formula is C23H39NO10. The Balaban J connectivity index is 1.77. The monoisotopic (exact) mass is 489 g/mol. The van der Waals surface area contributed by atoms with Crippen LogP contribution in [0.15, 0.2) is 12.2 Å². The number of hydrogen-bond acceptors (Lipinski definition) is 10. The lowest BCUT2D eigenvalue weighted by Crippen LogP contribution is -2.69. The lowest BCUT2D eigenvalue weighted by atomic mass is 9.72. The molecule has 0 aromatic heterocycles. The van der Waals surface area contributed by atoms with Crippen LogP contribution in [-0.4, -0.2) is 102 Å². The number of amides is 1. The molecule has 0 spiro atoms. The zero-order valence-electron chi connectivity index (χ0n) is 20.5. The van der Waals surface area contributed by atoms with E-state index in [1.54, 1.807) is 6.92 Å². The summed E-state index contributed by atoms with van der Waals surface area (Å²) in [6.45, 7) is 10.8. The highest BCUT2D eigenvalue weighted by Gasteiger charge is 2.56. The third-order valence-corrected chi connectivity index (χ3v) is 7.44. The maximum Gasteiger partial charge on any atom is 0.256 e. The van der Waals surface area contributed by atoms with Gasteiger partial charge in [-0.25, -0.2) is 0 Å². The average Bonchev–Trinajstić information content (AvgIpc) is 2.77. The highest BCUT2D eigenvalue weighted by molar-refractivity contribution is 5.82. The van der Waals surface area contributed by atoms with Gasteiger partial charge in [0, 0.05) is 31.3 Å². The van der Waals surface area contributed by atoms with Crippen LogP contribution in [0, 0.1) is 11.3 Å². The Morgan fingerprint density at radius 3 is 2.53 bits per heavy atom. The second kappa shape index (κ2) is 10.5. The molecule has 0 bridgehead atoms. The van der Waals surface area contributed by atoms with E-state index in [-0.39, 0.29) is 25.6 Å². The van der Waals surface area contributed by atoms with Crippen molar-refractivity contribution in [3.8, 4) is 0 Å². The minimum absolute atomic E-state index is 0.0358. The van der Waals surface area contributed by atoms with Gasteiger partial charge in [0.1, 0.15) is 19.0 Å². The van der Waals surface area contributed by atoms with E-state index in [1.807, 2.05) is 20.8 Å². The number of carbonyl (C=O) groups is 1. The van der Waals surface area contributed by atoms with Crippen LogP contribution in [0.3, 0.4) is 0 Å². The lowest BCUT2D eigenvalue weighted by molar-refractivity contribution is -0.332. The fourth-order valence-corrected chi connectivity index (χ4v) is 5.04. The number of methoxy groups -OCH3 is 1. The van der Waals surface area contributed by atoms with Crippen molar-refractivity contribution < 1.29 is 48.9 Å².